The van der Waals surface area contributed by atoms with Gasteiger partial charge in [0, 0.05) is 27.7 Å². The van der Waals surface area contributed by atoms with Crippen LogP contribution in [0.5, 0.6) is 5.75 Å². The first kappa shape index (κ1) is 27.3. The van der Waals surface area contributed by atoms with Crippen LogP contribution < -0.4 is 10.1 Å². The molecule has 0 saturated carbocycles. The Bertz CT molecular complexity index is 974. The van der Waals surface area contributed by atoms with E-state index in [1.165, 1.54) is 4.90 Å². The molecule has 0 aliphatic rings. The first-order valence-corrected chi connectivity index (χ1v) is 12.1. The van der Waals surface area contributed by atoms with Crippen LogP contribution in [-0.4, -0.2) is 35.4 Å². The molecule has 2 aromatic rings. The number of carbonyl (C=O) groups excluding carboxylic acids is 2. The summed E-state index contributed by atoms with van der Waals surface area (Å²) >= 11 is 18.6. The van der Waals surface area contributed by atoms with Crippen LogP contribution >= 0.6 is 34.8 Å². The van der Waals surface area contributed by atoms with Crippen molar-refractivity contribution in [3.8, 4) is 5.75 Å². The summed E-state index contributed by atoms with van der Waals surface area (Å²) in [5, 5.41) is 4.58. The topological polar surface area (TPSA) is 58.6 Å². The third-order valence-electron chi connectivity index (χ3n) is 5.52. The van der Waals surface area contributed by atoms with Gasteiger partial charge in [-0.3, -0.25) is 9.59 Å². The lowest BCUT2D eigenvalue weighted by molar-refractivity contribution is -0.143. The lowest BCUT2D eigenvalue weighted by Gasteiger charge is -2.31. The second-order valence-corrected chi connectivity index (χ2v) is 9.38. The molecule has 8 heteroatoms. The van der Waals surface area contributed by atoms with Crippen molar-refractivity contribution in [2.24, 2.45) is 0 Å². The van der Waals surface area contributed by atoms with Crippen LogP contribution in [0.4, 0.5) is 0 Å². The molecule has 33 heavy (non-hydrogen) atoms. The maximum atomic E-state index is 13.3. The van der Waals surface area contributed by atoms with Crippen molar-refractivity contribution in [2.75, 3.05) is 6.61 Å². The summed E-state index contributed by atoms with van der Waals surface area (Å²) in [6.07, 6.45) is 1.23. The average Bonchev–Trinajstić information content (AvgIpc) is 2.76. The minimum Gasteiger partial charge on any atom is -0.484 e. The quantitative estimate of drug-likeness (QED) is 0.402. The van der Waals surface area contributed by atoms with E-state index in [-0.39, 0.29) is 31.0 Å². The normalized spacial score (nSPS) is 12.7. The molecule has 2 rings (SSSR count). The van der Waals surface area contributed by atoms with Crippen LogP contribution in [0.3, 0.4) is 0 Å². The van der Waals surface area contributed by atoms with E-state index in [0.717, 1.165) is 17.5 Å². The second kappa shape index (κ2) is 12.5. The molecule has 1 N–H and O–H groups in total. The molecular weight excluding hydrogens is 483 g/mol. The molecule has 0 radical (unpaired) electrons. The number of halogens is 3. The molecule has 0 unspecified atom stereocenters. The predicted octanol–water partition coefficient (Wildman–Crippen LogP) is 6.36. The largest absolute Gasteiger partial charge is 0.484 e. The van der Waals surface area contributed by atoms with E-state index in [4.69, 9.17) is 39.5 Å². The molecule has 0 aromatic heterocycles. The fraction of sp³-hybridized carbons (Fsp3) is 0.440. The van der Waals surface area contributed by atoms with Gasteiger partial charge in [-0.1, -0.05) is 54.7 Å². The molecular formula is C25H31Cl3N2O3. The summed E-state index contributed by atoms with van der Waals surface area (Å²) in [4.78, 5) is 27.8. The Labute approximate surface area is 211 Å². The van der Waals surface area contributed by atoms with Crippen molar-refractivity contribution in [1.29, 1.82) is 0 Å². The van der Waals surface area contributed by atoms with Crippen molar-refractivity contribution in [2.45, 2.75) is 66.1 Å². The summed E-state index contributed by atoms with van der Waals surface area (Å²) in [6.45, 7) is 9.49. The zero-order valence-corrected chi connectivity index (χ0v) is 21.9. The van der Waals surface area contributed by atoms with Gasteiger partial charge < -0.3 is 15.0 Å². The molecule has 2 atom stereocenters. The van der Waals surface area contributed by atoms with Crippen LogP contribution in [0, 0.1) is 13.8 Å². The molecule has 0 fully saturated rings. The summed E-state index contributed by atoms with van der Waals surface area (Å²) < 4.78 is 5.79. The van der Waals surface area contributed by atoms with Crippen molar-refractivity contribution in [3.63, 3.8) is 0 Å². The number of hydrogen-bond acceptors (Lipinski definition) is 3. The molecule has 180 valence electrons. The Morgan fingerprint density at radius 2 is 1.67 bits per heavy atom. The summed E-state index contributed by atoms with van der Waals surface area (Å²) in [5.74, 6) is 0.0187. The van der Waals surface area contributed by atoms with Gasteiger partial charge in [-0.15, -0.1) is 0 Å². The first-order chi connectivity index (χ1) is 15.6. The predicted molar refractivity (Wildman–Crippen MR) is 135 cm³/mol. The standard InChI is InChI=1S/C25H31Cl3N2O3/c1-6-17(5)29-25(32)22(7-2)30(13-18-8-9-19(26)12-21(18)27)23(31)14-33-20-10-15(3)24(28)16(4)11-20/h8-12,17,22H,6-7,13-14H2,1-5H3,(H,29,32)/t17-,22-/m1/s1. The number of nitrogens with zero attached hydrogens (tertiary/aromatic N) is 1. The molecule has 0 spiro atoms. The number of amides is 2. The van der Waals surface area contributed by atoms with E-state index >= 15 is 0 Å². The highest BCUT2D eigenvalue weighted by atomic mass is 35.5. The molecule has 0 heterocycles. The Morgan fingerprint density at radius 3 is 2.21 bits per heavy atom. The van der Waals surface area contributed by atoms with E-state index in [1.54, 1.807) is 30.3 Å². The van der Waals surface area contributed by atoms with E-state index in [2.05, 4.69) is 5.32 Å². The number of benzene rings is 2. The number of rotatable bonds is 10. The number of nitrogens with one attached hydrogen (secondary N) is 1. The van der Waals surface area contributed by atoms with Crippen LogP contribution in [0.1, 0.15) is 50.3 Å². The maximum absolute atomic E-state index is 13.3. The maximum Gasteiger partial charge on any atom is 0.261 e. The summed E-state index contributed by atoms with van der Waals surface area (Å²) in [6, 6.07) is 8.00. The van der Waals surface area contributed by atoms with Gasteiger partial charge in [0.15, 0.2) is 6.61 Å². The van der Waals surface area contributed by atoms with Crippen LogP contribution in [-0.2, 0) is 16.1 Å². The van der Waals surface area contributed by atoms with E-state index in [1.807, 2.05) is 34.6 Å². The van der Waals surface area contributed by atoms with Crippen molar-refractivity contribution in [1.82, 2.24) is 10.2 Å². The van der Waals surface area contributed by atoms with Gasteiger partial charge in [-0.05, 0) is 74.6 Å². The summed E-state index contributed by atoms with van der Waals surface area (Å²) in [7, 11) is 0. The number of carbonyl (C=O) groups is 2. The number of hydrogen-bond donors (Lipinski definition) is 1. The molecule has 5 nitrogen and oxygen atoms in total. The zero-order valence-electron chi connectivity index (χ0n) is 19.7. The van der Waals surface area contributed by atoms with Gasteiger partial charge in [-0.2, -0.15) is 0 Å². The highest BCUT2D eigenvalue weighted by molar-refractivity contribution is 6.35. The Kier molecular flexibility index (Phi) is 10.3. The molecule has 2 aromatic carbocycles. The molecule has 0 aliphatic carbocycles. The van der Waals surface area contributed by atoms with Crippen LogP contribution in [0.2, 0.25) is 15.1 Å². The van der Waals surface area contributed by atoms with Crippen molar-refractivity contribution < 1.29 is 14.3 Å². The Balaban J connectivity index is 2.29. The Hall–Kier alpha value is -1.95. The number of ether oxygens (including phenoxy) is 1. The van der Waals surface area contributed by atoms with Gasteiger partial charge >= 0.3 is 0 Å². The molecule has 0 aliphatic heterocycles. The van der Waals surface area contributed by atoms with Crippen molar-refractivity contribution >= 4 is 46.6 Å². The minimum absolute atomic E-state index is 0.00103. The lowest BCUT2D eigenvalue weighted by Crippen LogP contribution is -2.51. The monoisotopic (exact) mass is 512 g/mol. The third kappa shape index (κ3) is 7.53. The minimum atomic E-state index is -0.671. The highest BCUT2D eigenvalue weighted by Crippen LogP contribution is 2.27. The molecule has 0 bridgehead atoms. The molecule has 2 amide bonds. The second-order valence-electron chi connectivity index (χ2n) is 8.16. The SMILES string of the molecule is CC[C@@H](C)NC(=O)[C@@H](CC)N(Cc1ccc(Cl)cc1Cl)C(=O)COc1cc(C)c(Cl)c(C)c1. The zero-order chi connectivity index (χ0) is 24.7. The van der Waals surface area contributed by atoms with Gasteiger partial charge in [0.25, 0.3) is 5.91 Å². The van der Waals surface area contributed by atoms with E-state index in [9.17, 15) is 9.59 Å². The van der Waals surface area contributed by atoms with Gasteiger partial charge in [-0.25, -0.2) is 0 Å². The molecule has 0 saturated heterocycles. The van der Waals surface area contributed by atoms with E-state index in [0.29, 0.717) is 32.8 Å². The van der Waals surface area contributed by atoms with Crippen LogP contribution in [0.25, 0.3) is 0 Å². The fourth-order valence-corrected chi connectivity index (χ4v) is 3.99. The van der Waals surface area contributed by atoms with Gasteiger partial charge in [0.1, 0.15) is 11.8 Å². The van der Waals surface area contributed by atoms with Gasteiger partial charge in [0.2, 0.25) is 5.91 Å². The first-order valence-electron chi connectivity index (χ1n) is 11.0. The third-order valence-corrected chi connectivity index (χ3v) is 6.70. The van der Waals surface area contributed by atoms with Gasteiger partial charge in [0.05, 0.1) is 0 Å². The smallest absolute Gasteiger partial charge is 0.261 e. The average molecular weight is 514 g/mol. The highest BCUT2D eigenvalue weighted by Gasteiger charge is 2.30. The fourth-order valence-electron chi connectivity index (χ4n) is 3.41. The Morgan fingerprint density at radius 1 is 1.03 bits per heavy atom. The number of aryl methyl sites for hydroxylation is 2. The van der Waals surface area contributed by atoms with Crippen molar-refractivity contribution in [3.05, 3.63) is 62.1 Å². The van der Waals surface area contributed by atoms with Crippen LogP contribution in [0.15, 0.2) is 30.3 Å². The summed E-state index contributed by atoms with van der Waals surface area (Å²) in [5.41, 5.74) is 2.42. The lowest BCUT2D eigenvalue weighted by atomic mass is 10.1. The van der Waals surface area contributed by atoms with E-state index < -0.39 is 6.04 Å².